The molecule has 1 aromatic heterocycles. The molecule has 6 nitrogen and oxygen atoms in total. The number of carbonyl (C=O) groups is 1. The molecule has 2 heterocycles. The maximum Gasteiger partial charge on any atom is 0.224 e. The Morgan fingerprint density at radius 1 is 1.35 bits per heavy atom. The molecule has 0 spiro atoms. The summed E-state index contributed by atoms with van der Waals surface area (Å²) in [7, 11) is 0. The molecule has 8 heteroatoms. The lowest BCUT2D eigenvalue weighted by Gasteiger charge is -2.13. The molecule has 122 valence electrons. The number of nitrogens with one attached hydrogen (secondary N) is 2. The van der Waals surface area contributed by atoms with Crippen LogP contribution in [0.4, 0.5) is 0 Å². The summed E-state index contributed by atoms with van der Waals surface area (Å²) < 4.78 is 5.85. The van der Waals surface area contributed by atoms with E-state index in [0.29, 0.717) is 22.2 Å². The van der Waals surface area contributed by atoms with Crippen LogP contribution in [0.15, 0.2) is 24.5 Å². The number of rotatable bonds is 5. The van der Waals surface area contributed by atoms with E-state index in [0.717, 1.165) is 18.7 Å². The maximum absolute atomic E-state index is 12.1. The second-order valence-corrected chi connectivity index (χ2v) is 6.19. The van der Waals surface area contributed by atoms with Gasteiger partial charge in [0.25, 0.3) is 0 Å². The van der Waals surface area contributed by atoms with Gasteiger partial charge in [-0.05, 0) is 30.5 Å². The van der Waals surface area contributed by atoms with Crippen LogP contribution in [0.1, 0.15) is 30.3 Å². The van der Waals surface area contributed by atoms with Crippen molar-refractivity contribution in [3.63, 3.8) is 0 Å². The number of hydrogen-bond donors (Lipinski definition) is 2. The van der Waals surface area contributed by atoms with Crippen molar-refractivity contribution < 1.29 is 9.53 Å². The highest BCUT2D eigenvalue weighted by Crippen LogP contribution is 2.30. The number of ether oxygens (including phenoxy) is 1. The molecule has 0 saturated carbocycles. The van der Waals surface area contributed by atoms with Gasteiger partial charge in [0.15, 0.2) is 5.82 Å². The van der Waals surface area contributed by atoms with Gasteiger partial charge in [-0.15, -0.1) is 0 Å². The highest BCUT2D eigenvalue weighted by Gasteiger charge is 2.28. The monoisotopic (exact) mass is 354 g/mol. The predicted molar refractivity (Wildman–Crippen MR) is 86.4 cm³/mol. The van der Waals surface area contributed by atoms with Gasteiger partial charge in [-0.25, -0.2) is 4.98 Å². The average molecular weight is 355 g/mol. The Balaban J connectivity index is 1.48. The van der Waals surface area contributed by atoms with E-state index < -0.39 is 0 Å². The predicted octanol–water partition coefficient (Wildman–Crippen LogP) is 2.69. The molecule has 1 amide bonds. The second kappa shape index (κ2) is 7.29. The molecule has 3 rings (SSSR count). The minimum Gasteiger partial charge on any atom is -0.365 e. The van der Waals surface area contributed by atoms with Crippen molar-refractivity contribution in [1.29, 1.82) is 0 Å². The summed E-state index contributed by atoms with van der Waals surface area (Å²) in [5.41, 5.74) is 0.639. The first-order chi connectivity index (χ1) is 11.1. The van der Waals surface area contributed by atoms with E-state index >= 15 is 0 Å². The SMILES string of the molecule is O=C(Cc1c(Cl)cccc1Cl)NC[C@H]1CC[C@@H](c2ncn[nH]2)O1. The fourth-order valence-electron chi connectivity index (χ4n) is 2.58. The highest BCUT2D eigenvalue weighted by molar-refractivity contribution is 6.36. The molecule has 0 unspecified atom stereocenters. The fraction of sp³-hybridized carbons (Fsp3) is 0.400. The number of halogens is 2. The Labute approximate surface area is 143 Å². The standard InChI is InChI=1S/C15H16Cl2N4O2/c16-11-2-1-3-12(17)10(11)6-14(22)18-7-9-4-5-13(23-9)15-19-8-20-21-15/h1-3,8-9,13H,4-7H2,(H,18,22)(H,19,20,21)/t9-,13+/m1/s1. The Morgan fingerprint density at radius 3 is 2.83 bits per heavy atom. The Morgan fingerprint density at radius 2 is 2.13 bits per heavy atom. The maximum atomic E-state index is 12.1. The number of aromatic amines is 1. The van der Waals surface area contributed by atoms with Crippen LogP contribution in [-0.2, 0) is 16.0 Å². The normalized spacial score (nSPS) is 20.6. The van der Waals surface area contributed by atoms with Gasteiger partial charge in [0.1, 0.15) is 12.4 Å². The smallest absolute Gasteiger partial charge is 0.224 e. The van der Waals surface area contributed by atoms with E-state index in [9.17, 15) is 4.79 Å². The molecule has 2 N–H and O–H groups in total. The summed E-state index contributed by atoms with van der Waals surface area (Å²) in [6.07, 6.45) is 3.20. The zero-order chi connectivity index (χ0) is 16.2. The number of hydrogen-bond acceptors (Lipinski definition) is 4. The molecule has 1 fully saturated rings. The lowest BCUT2D eigenvalue weighted by atomic mass is 10.1. The van der Waals surface area contributed by atoms with Crippen LogP contribution in [0, 0.1) is 0 Å². The number of amides is 1. The van der Waals surface area contributed by atoms with E-state index in [4.69, 9.17) is 27.9 Å². The number of carbonyl (C=O) groups excluding carboxylic acids is 1. The summed E-state index contributed by atoms with van der Waals surface area (Å²) in [6.45, 7) is 0.450. The molecular formula is C15H16Cl2N4O2. The van der Waals surface area contributed by atoms with Crippen molar-refractivity contribution in [2.24, 2.45) is 0 Å². The van der Waals surface area contributed by atoms with E-state index in [1.54, 1.807) is 18.2 Å². The summed E-state index contributed by atoms with van der Waals surface area (Å²) in [6, 6.07) is 5.19. The van der Waals surface area contributed by atoms with Crippen molar-refractivity contribution in [2.75, 3.05) is 6.54 Å². The third kappa shape index (κ3) is 4.02. The van der Waals surface area contributed by atoms with Crippen LogP contribution in [-0.4, -0.2) is 33.7 Å². The van der Waals surface area contributed by atoms with Gasteiger partial charge in [0.2, 0.25) is 5.91 Å². The lowest BCUT2D eigenvalue weighted by molar-refractivity contribution is -0.121. The third-order valence-electron chi connectivity index (χ3n) is 3.77. The number of nitrogens with zero attached hydrogens (tertiary/aromatic N) is 2. The summed E-state index contributed by atoms with van der Waals surface area (Å²) in [5.74, 6) is 0.591. The highest BCUT2D eigenvalue weighted by atomic mass is 35.5. The summed E-state index contributed by atoms with van der Waals surface area (Å²) in [5, 5.41) is 10.5. The summed E-state index contributed by atoms with van der Waals surface area (Å²) in [4.78, 5) is 16.2. The van der Waals surface area contributed by atoms with Crippen molar-refractivity contribution >= 4 is 29.1 Å². The van der Waals surface area contributed by atoms with Gasteiger partial charge in [0, 0.05) is 16.6 Å². The Kier molecular flexibility index (Phi) is 5.15. The zero-order valence-corrected chi connectivity index (χ0v) is 13.8. The number of H-pyrrole nitrogens is 1. The van der Waals surface area contributed by atoms with Crippen LogP contribution < -0.4 is 5.32 Å². The van der Waals surface area contributed by atoms with Gasteiger partial charge < -0.3 is 10.1 Å². The molecule has 0 radical (unpaired) electrons. The zero-order valence-electron chi connectivity index (χ0n) is 12.3. The van der Waals surface area contributed by atoms with Crippen LogP contribution in [0.5, 0.6) is 0 Å². The average Bonchev–Trinajstić information content (AvgIpc) is 3.19. The summed E-state index contributed by atoms with van der Waals surface area (Å²) >= 11 is 12.1. The third-order valence-corrected chi connectivity index (χ3v) is 4.48. The van der Waals surface area contributed by atoms with Crippen molar-refractivity contribution in [1.82, 2.24) is 20.5 Å². The van der Waals surface area contributed by atoms with Crippen molar-refractivity contribution in [3.8, 4) is 0 Å². The first-order valence-electron chi connectivity index (χ1n) is 7.34. The van der Waals surface area contributed by atoms with E-state index in [-0.39, 0.29) is 24.5 Å². The number of aromatic nitrogens is 3. The minimum absolute atomic E-state index is 0.0317. The van der Waals surface area contributed by atoms with Crippen molar-refractivity contribution in [3.05, 3.63) is 46.0 Å². The topological polar surface area (TPSA) is 79.9 Å². The van der Waals surface area contributed by atoms with E-state index in [1.165, 1.54) is 6.33 Å². The molecule has 0 aliphatic carbocycles. The quantitative estimate of drug-likeness (QED) is 0.864. The lowest BCUT2D eigenvalue weighted by Crippen LogP contribution is -2.33. The molecule has 2 atom stereocenters. The molecule has 1 saturated heterocycles. The van der Waals surface area contributed by atoms with E-state index in [1.807, 2.05) is 0 Å². The van der Waals surface area contributed by atoms with Crippen LogP contribution in [0.25, 0.3) is 0 Å². The molecule has 1 aromatic carbocycles. The van der Waals surface area contributed by atoms with E-state index in [2.05, 4.69) is 20.5 Å². The molecule has 1 aliphatic heterocycles. The molecule has 23 heavy (non-hydrogen) atoms. The van der Waals surface area contributed by atoms with Crippen LogP contribution in [0.3, 0.4) is 0 Å². The molecular weight excluding hydrogens is 339 g/mol. The second-order valence-electron chi connectivity index (χ2n) is 5.38. The molecule has 2 aromatic rings. The first kappa shape index (κ1) is 16.2. The van der Waals surface area contributed by atoms with Gasteiger partial charge in [-0.1, -0.05) is 29.3 Å². The molecule has 1 aliphatic rings. The number of benzene rings is 1. The first-order valence-corrected chi connectivity index (χ1v) is 8.09. The Bertz CT molecular complexity index is 658. The van der Waals surface area contributed by atoms with Crippen molar-refractivity contribution in [2.45, 2.75) is 31.5 Å². The minimum atomic E-state index is -0.133. The van der Waals surface area contributed by atoms with Gasteiger partial charge in [-0.3, -0.25) is 9.89 Å². The van der Waals surface area contributed by atoms with Gasteiger partial charge >= 0.3 is 0 Å². The molecule has 0 bridgehead atoms. The van der Waals surface area contributed by atoms with Crippen LogP contribution >= 0.6 is 23.2 Å². The largest absolute Gasteiger partial charge is 0.365 e. The fourth-order valence-corrected chi connectivity index (χ4v) is 3.11. The van der Waals surface area contributed by atoms with Crippen LogP contribution in [0.2, 0.25) is 10.0 Å². The Hall–Kier alpha value is -1.63. The van der Waals surface area contributed by atoms with Gasteiger partial charge in [0.05, 0.1) is 12.5 Å². The van der Waals surface area contributed by atoms with Gasteiger partial charge in [-0.2, -0.15) is 5.10 Å².